The highest BCUT2D eigenvalue weighted by molar-refractivity contribution is 6.04. The van der Waals surface area contributed by atoms with Gasteiger partial charge in [0.2, 0.25) is 0 Å². The zero-order valence-electron chi connectivity index (χ0n) is 16.0. The summed E-state index contributed by atoms with van der Waals surface area (Å²) in [5.41, 5.74) is 2.36. The van der Waals surface area contributed by atoms with E-state index in [1.54, 1.807) is 28.9 Å². The van der Waals surface area contributed by atoms with E-state index < -0.39 is 5.97 Å². The number of carbonyl (C=O) groups is 1. The minimum absolute atomic E-state index is 0.238. The van der Waals surface area contributed by atoms with Crippen molar-refractivity contribution < 1.29 is 14.3 Å². The van der Waals surface area contributed by atoms with Crippen molar-refractivity contribution in [3.05, 3.63) is 59.5 Å². The summed E-state index contributed by atoms with van der Waals surface area (Å²) < 4.78 is 15.1. The summed E-state index contributed by atoms with van der Waals surface area (Å²) in [6.07, 6.45) is 2.42. The smallest absolute Gasteiger partial charge is 0.336 e. The van der Waals surface area contributed by atoms with Crippen molar-refractivity contribution in [1.29, 1.82) is 0 Å². The normalized spacial score (nSPS) is 23.6. The van der Waals surface area contributed by atoms with Gasteiger partial charge in [0.1, 0.15) is 5.82 Å². The number of rotatable bonds is 5. The number of aromatic carboxylic acids is 1. The van der Waals surface area contributed by atoms with Crippen LogP contribution in [0.3, 0.4) is 0 Å². The van der Waals surface area contributed by atoms with Crippen molar-refractivity contribution in [2.75, 3.05) is 19.6 Å². The fourth-order valence-electron chi connectivity index (χ4n) is 4.75. The third kappa shape index (κ3) is 3.30. The van der Waals surface area contributed by atoms with Crippen LogP contribution in [0.5, 0.6) is 0 Å². The van der Waals surface area contributed by atoms with Crippen molar-refractivity contribution in [3.63, 3.8) is 0 Å². The molecule has 0 spiro atoms. The van der Waals surface area contributed by atoms with E-state index >= 15 is 0 Å². The Morgan fingerprint density at radius 3 is 2.59 bits per heavy atom. The molecule has 29 heavy (non-hydrogen) atoms. The minimum Gasteiger partial charge on any atom is -0.478 e. The van der Waals surface area contributed by atoms with Crippen molar-refractivity contribution in [1.82, 2.24) is 20.0 Å². The Labute approximate surface area is 167 Å². The Morgan fingerprint density at radius 1 is 1.17 bits per heavy atom. The number of benzene rings is 2. The molecule has 1 aromatic heterocycles. The summed E-state index contributed by atoms with van der Waals surface area (Å²) >= 11 is 0. The summed E-state index contributed by atoms with van der Waals surface area (Å²) in [6, 6.07) is 11.7. The monoisotopic (exact) mass is 394 g/mol. The Hall–Kier alpha value is -2.77. The zero-order valence-corrected chi connectivity index (χ0v) is 16.0. The van der Waals surface area contributed by atoms with Gasteiger partial charge in [0.15, 0.2) is 0 Å². The Bertz CT molecular complexity index is 1050. The molecule has 6 nitrogen and oxygen atoms in total. The van der Waals surface area contributed by atoms with Crippen molar-refractivity contribution >= 4 is 16.9 Å². The Balaban J connectivity index is 1.53. The molecule has 150 valence electrons. The molecule has 3 saturated heterocycles. The van der Waals surface area contributed by atoms with Crippen LogP contribution in [0.4, 0.5) is 4.39 Å². The van der Waals surface area contributed by atoms with Gasteiger partial charge < -0.3 is 15.3 Å². The summed E-state index contributed by atoms with van der Waals surface area (Å²) in [7, 11) is 0. The van der Waals surface area contributed by atoms with E-state index in [1.165, 1.54) is 38.1 Å². The van der Waals surface area contributed by atoms with Crippen LogP contribution in [0.2, 0.25) is 0 Å². The molecule has 0 saturated carbocycles. The quantitative estimate of drug-likeness (QED) is 0.696. The second kappa shape index (κ2) is 7.24. The second-order valence-electron chi connectivity index (χ2n) is 7.97. The SMILES string of the molecule is O=C(O)c1cccc2c1c(CN[C@@H]1CN3CCC1CC3)nn2-c1ccc(F)cc1. The fourth-order valence-corrected chi connectivity index (χ4v) is 4.75. The number of nitrogens with one attached hydrogen (secondary N) is 1. The van der Waals surface area contributed by atoms with Crippen LogP contribution in [0, 0.1) is 11.7 Å². The Morgan fingerprint density at radius 2 is 1.93 bits per heavy atom. The number of carboxylic acids is 1. The molecular formula is C22H23FN4O2. The van der Waals surface area contributed by atoms with Gasteiger partial charge in [-0.1, -0.05) is 6.07 Å². The molecule has 2 aromatic carbocycles. The maximum absolute atomic E-state index is 13.4. The van der Waals surface area contributed by atoms with Gasteiger partial charge in [0.25, 0.3) is 0 Å². The lowest BCUT2D eigenvalue weighted by molar-refractivity contribution is 0.0698. The molecule has 4 heterocycles. The van der Waals surface area contributed by atoms with E-state index in [1.807, 2.05) is 6.07 Å². The van der Waals surface area contributed by atoms with Gasteiger partial charge in [-0.2, -0.15) is 5.10 Å². The van der Waals surface area contributed by atoms with E-state index in [-0.39, 0.29) is 11.4 Å². The largest absolute Gasteiger partial charge is 0.478 e. The number of hydrogen-bond acceptors (Lipinski definition) is 4. The molecule has 1 atom stereocenters. The molecule has 0 unspecified atom stereocenters. The van der Waals surface area contributed by atoms with Gasteiger partial charge in [0.05, 0.1) is 22.5 Å². The highest BCUT2D eigenvalue weighted by Gasteiger charge is 2.34. The number of nitrogens with zero attached hydrogens (tertiary/aromatic N) is 3. The van der Waals surface area contributed by atoms with Gasteiger partial charge in [-0.15, -0.1) is 0 Å². The van der Waals surface area contributed by atoms with Crippen LogP contribution >= 0.6 is 0 Å². The van der Waals surface area contributed by atoms with E-state index in [0.717, 1.165) is 6.54 Å². The predicted molar refractivity (Wildman–Crippen MR) is 108 cm³/mol. The summed E-state index contributed by atoms with van der Waals surface area (Å²) in [4.78, 5) is 14.3. The molecule has 0 aliphatic carbocycles. The predicted octanol–water partition coefficient (Wildman–Crippen LogP) is 3.05. The molecule has 0 radical (unpaired) electrons. The van der Waals surface area contributed by atoms with Gasteiger partial charge in [-0.05, 0) is 68.2 Å². The summed E-state index contributed by atoms with van der Waals surface area (Å²) in [6.45, 7) is 3.89. The molecule has 2 N–H and O–H groups in total. The molecular weight excluding hydrogens is 371 g/mol. The standard InChI is InChI=1S/C22H23FN4O2/c23-15-4-6-16(7-5-15)27-20-3-1-2-17(22(28)29)21(20)18(25-27)12-24-19-13-26-10-8-14(19)9-11-26/h1-7,14,19,24H,8-13H2,(H,28,29)/t19-/m1/s1. The van der Waals surface area contributed by atoms with Gasteiger partial charge >= 0.3 is 5.97 Å². The lowest BCUT2D eigenvalue weighted by Gasteiger charge is -2.45. The van der Waals surface area contributed by atoms with Crippen LogP contribution in [0.25, 0.3) is 16.6 Å². The van der Waals surface area contributed by atoms with Crippen LogP contribution < -0.4 is 5.32 Å². The van der Waals surface area contributed by atoms with Crippen LogP contribution in [0.15, 0.2) is 42.5 Å². The van der Waals surface area contributed by atoms with Gasteiger partial charge in [-0.25, -0.2) is 13.9 Å². The van der Waals surface area contributed by atoms with Crippen molar-refractivity contribution in [3.8, 4) is 5.69 Å². The molecule has 6 rings (SSSR count). The van der Waals surface area contributed by atoms with Crippen molar-refractivity contribution in [2.24, 2.45) is 5.92 Å². The summed E-state index contributed by atoms with van der Waals surface area (Å²) in [5, 5.41) is 18.7. The number of piperidine rings is 3. The number of halogens is 1. The molecule has 3 aromatic rings. The average Bonchev–Trinajstić information content (AvgIpc) is 3.12. The molecule has 7 heteroatoms. The second-order valence-corrected chi connectivity index (χ2v) is 7.97. The summed E-state index contributed by atoms with van der Waals surface area (Å²) in [5.74, 6) is -0.622. The lowest BCUT2D eigenvalue weighted by atomic mass is 9.84. The van der Waals surface area contributed by atoms with Crippen LogP contribution in [0.1, 0.15) is 28.9 Å². The molecule has 2 bridgehead atoms. The molecule has 3 aliphatic heterocycles. The van der Waals surface area contributed by atoms with E-state index in [2.05, 4.69) is 10.2 Å². The molecule has 0 amide bonds. The van der Waals surface area contributed by atoms with E-state index in [0.29, 0.717) is 40.8 Å². The first-order chi connectivity index (χ1) is 14.1. The third-order valence-corrected chi connectivity index (χ3v) is 6.27. The minimum atomic E-state index is -0.974. The number of aromatic nitrogens is 2. The van der Waals surface area contributed by atoms with E-state index in [9.17, 15) is 14.3 Å². The lowest BCUT2D eigenvalue weighted by Crippen LogP contribution is -2.55. The number of hydrogen-bond donors (Lipinski definition) is 2. The van der Waals surface area contributed by atoms with Crippen LogP contribution in [-0.2, 0) is 6.54 Å². The first kappa shape index (κ1) is 18.3. The molecule has 3 aliphatic rings. The van der Waals surface area contributed by atoms with Gasteiger partial charge in [-0.3, -0.25) is 0 Å². The zero-order chi connectivity index (χ0) is 20.0. The third-order valence-electron chi connectivity index (χ3n) is 6.27. The Kier molecular flexibility index (Phi) is 4.56. The van der Waals surface area contributed by atoms with Gasteiger partial charge in [0, 0.05) is 24.5 Å². The first-order valence-corrected chi connectivity index (χ1v) is 10.1. The van der Waals surface area contributed by atoms with Crippen LogP contribution in [-0.4, -0.2) is 51.4 Å². The highest BCUT2D eigenvalue weighted by Crippen LogP contribution is 2.29. The molecule has 3 fully saturated rings. The average molecular weight is 394 g/mol. The number of fused-ring (bicyclic) bond motifs is 4. The maximum Gasteiger partial charge on any atom is 0.336 e. The topological polar surface area (TPSA) is 70.4 Å². The maximum atomic E-state index is 13.4. The number of carboxylic acid groups (broad SMARTS) is 1. The first-order valence-electron chi connectivity index (χ1n) is 10.1. The van der Waals surface area contributed by atoms with E-state index in [4.69, 9.17) is 5.10 Å². The fraction of sp³-hybridized carbons (Fsp3) is 0.364. The highest BCUT2D eigenvalue weighted by atomic mass is 19.1. The van der Waals surface area contributed by atoms with Crippen molar-refractivity contribution in [2.45, 2.75) is 25.4 Å².